The van der Waals surface area contributed by atoms with E-state index >= 15 is 0 Å². The molecular formula is C20H36N4O3Si. The maximum atomic E-state index is 9.35. The SMILES string of the molecule is CC(C)(C)[Si](C)(C)O[C@H]1CN2CC[C@@H]3OC4(CCCCC4)O[C@@H]([C@@H]1N=[N+]=[N-])[C@@H]32. The summed E-state index contributed by atoms with van der Waals surface area (Å²) in [5, 5.41) is 4.37. The van der Waals surface area contributed by atoms with Crippen molar-refractivity contribution in [3.8, 4) is 0 Å². The highest BCUT2D eigenvalue weighted by Crippen LogP contribution is 2.47. The van der Waals surface area contributed by atoms with E-state index in [4.69, 9.17) is 13.9 Å². The zero-order valence-electron chi connectivity index (χ0n) is 18.1. The quantitative estimate of drug-likeness (QED) is 0.296. The minimum absolute atomic E-state index is 0.111. The Labute approximate surface area is 169 Å². The lowest BCUT2D eigenvalue weighted by Gasteiger charge is -2.55. The van der Waals surface area contributed by atoms with Crippen LogP contribution in [0.15, 0.2) is 5.11 Å². The fourth-order valence-electron chi connectivity index (χ4n) is 5.24. The minimum Gasteiger partial charge on any atom is -0.412 e. The van der Waals surface area contributed by atoms with Crippen LogP contribution in [0, 0.1) is 0 Å². The highest BCUT2D eigenvalue weighted by atomic mass is 28.4. The van der Waals surface area contributed by atoms with Crippen LogP contribution in [0.25, 0.3) is 10.4 Å². The van der Waals surface area contributed by atoms with Gasteiger partial charge < -0.3 is 13.9 Å². The summed E-state index contributed by atoms with van der Waals surface area (Å²) in [4.78, 5) is 5.68. The summed E-state index contributed by atoms with van der Waals surface area (Å²) < 4.78 is 20.1. The lowest BCUT2D eigenvalue weighted by Crippen LogP contribution is -2.69. The van der Waals surface area contributed by atoms with Gasteiger partial charge in [0, 0.05) is 30.8 Å². The normalized spacial score (nSPS) is 38.1. The molecule has 0 amide bonds. The molecule has 0 aromatic rings. The second-order valence-electron chi connectivity index (χ2n) is 10.6. The van der Waals surface area contributed by atoms with Crippen LogP contribution < -0.4 is 0 Å². The molecule has 0 aromatic heterocycles. The van der Waals surface area contributed by atoms with E-state index in [2.05, 4.69) is 48.8 Å². The van der Waals surface area contributed by atoms with Crippen LogP contribution in [0.3, 0.4) is 0 Å². The van der Waals surface area contributed by atoms with Crippen molar-refractivity contribution in [3.05, 3.63) is 10.4 Å². The number of azide groups is 1. The summed E-state index contributed by atoms with van der Waals surface area (Å²) in [6.45, 7) is 13.1. The van der Waals surface area contributed by atoms with E-state index in [-0.39, 0.29) is 35.4 Å². The topological polar surface area (TPSA) is 79.7 Å². The Morgan fingerprint density at radius 3 is 2.54 bits per heavy atom. The molecule has 4 rings (SSSR count). The van der Waals surface area contributed by atoms with Crippen molar-refractivity contribution in [1.82, 2.24) is 4.90 Å². The zero-order valence-corrected chi connectivity index (χ0v) is 19.1. The molecule has 0 unspecified atom stereocenters. The first-order valence-electron chi connectivity index (χ1n) is 11.0. The average Bonchev–Trinajstić information content (AvgIpc) is 3.00. The van der Waals surface area contributed by atoms with Gasteiger partial charge in [0.05, 0.1) is 30.4 Å². The van der Waals surface area contributed by atoms with Crippen LogP contribution in [-0.2, 0) is 13.9 Å². The first-order chi connectivity index (χ1) is 13.2. The van der Waals surface area contributed by atoms with Crippen LogP contribution in [0.5, 0.6) is 0 Å². The molecule has 0 bridgehead atoms. The third-order valence-electron chi connectivity index (χ3n) is 7.74. The summed E-state index contributed by atoms with van der Waals surface area (Å²) in [6, 6.07) is -0.106. The molecule has 4 fully saturated rings. The maximum Gasteiger partial charge on any atom is 0.192 e. The van der Waals surface area contributed by atoms with Crippen LogP contribution in [0.1, 0.15) is 59.3 Å². The van der Waals surface area contributed by atoms with Crippen molar-refractivity contribution in [1.29, 1.82) is 0 Å². The Balaban J connectivity index is 1.64. The molecule has 0 N–H and O–H groups in total. The lowest BCUT2D eigenvalue weighted by molar-refractivity contribution is -0.348. The second-order valence-corrected chi connectivity index (χ2v) is 15.4. The fourth-order valence-corrected chi connectivity index (χ4v) is 6.57. The number of piperidine rings is 1. The van der Waals surface area contributed by atoms with E-state index < -0.39 is 14.1 Å². The van der Waals surface area contributed by atoms with Gasteiger partial charge in [-0.05, 0) is 42.9 Å². The minimum atomic E-state index is -1.99. The molecule has 158 valence electrons. The van der Waals surface area contributed by atoms with E-state index in [1.54, 1.807) is 0 Å². The van der Waals surface area contributed by atoms with Crippen LogP contribution in [-0.4, -0.2) is 62.5 Å². The molecule has 0 aromatic carbocycles. The third-order valence-corrected chi connectivity index (χ3v) is 12.2. The molecule has 0 radical (unpaired) electrons. The van der Waals surface area contributed by atoms with Gasteiger partial charge in [0.25, 0.3) is 0 Å². The van der Waals surface area contributed by atoms with Gasteiger partial charge in [0.1, 0.15) is 0 Å². The molecule has 3 aliphatic heterocycles. The van der Waals surface area contributed by atoms with E-state index in [1.165, 1.54) is 6.42 Å². The monoisotopic (exact) mass is 408 g/mol. The van der Waals surface area contributed by atoms with Gasteiger partial charge in [0.2, 0.25) is 0 Å². The van der Waals surface area contributed by atoms with Gasteiger partial charge in [-0.15, -0.1) is 0 Å². The molecule has 1 saturated carbocycles. The smallest absolute Gasteiger partial charge is 0.192 e. The molecular weight excluding hydrogens is 372 g/mol. The first kappa shape index (κ1) is 20.6. The third kappa shape index (κ3) is 3.52. The summed E-state index contributed by atoms with van der Waals surface area (Å²) >= 11 is 0. The molecule has 8 heteroatoms. The van der Waals surface area contributed by atoms with Gasteiger partial charge >= 0.3 is 0 Å². The van der Waals surface area contributed by atoms with E-state index in [0.29, 0.717) is 0 Å². The lowest BCUT2D eigenvalue weighted by atomic mass is 9.86. The molecule has 4 aliphatic rings. The molecule has 5 atom stereocenters. The first-order valence-corrected chi connectivity index (χ1v) is 13.9. The Bertz CT molecular complexity index is 640. The second kappa shape index (κ2) is 7.25. The van der Waals surface area contributed by atoms with Crippen LogP contribution in [0.2, 0.25) is 18.1 Å². The standard InChI is InChI=1S/C20H36N4O3Si/c1-19(2,3)28(4,5)27-15-13-24-12-9-14-17(24)18(16(15)22-23-21)26-20(25-14)10-7-6-8-11-20/h14-18H,6-13H2,1-5H3/t14-,15-,16+,17+,18-/m0/s1. The van der Waals surface area contributed by atoms with Gasteiger partial charge in [-0.2, -0.15) is 0 Å². The van der Waals surface area contributed by atoms with E-state index in [1.807, 2.05) is 0 Å². The fraction of sp³-hybridized carbons (Fsp3) is 1.00. The van der Waals surface area contributed by atoms with Crippen molar-refractivity contribution < 1.29 is 13.9 Å². The Morgan fingerprint density at radius 2 is 1.89 bits per heavy atom. The van der Waals surface area contributed by atoms with Crippen LogP contribution in [0.4, 0.5) is 0 Å². The van der Waals surface area contributed by atoms with E-state index in [9.17, 15) is 5.53 Å². The number of nitrogens with zero attached hydrogens (tertiary/aromatic N) is 4. The molecule has 1 aliphatic carbocycles. The molecule has 3 saturated heterocycles. The summed E-state index contributed by atoms with van der Waals surface area (Å²) in [5.74, 6) is -0.484. The van der Waals surface area contributed by atoms with Crippen molar-refractivity contribution in [2.75, 3.05) is 13.1 Å². The van der Waals surface area contributed by atoms with E-state index in [0.717, 1.165) is 45.2 Å². The van der Waals surface area contributed by atoms with Gasteiger partial charge in [0.15, 0.2) is 14.1 Å². The number of ether oxygens (including phenoxy) is 2. The molecule has 3 heterocycles. The predicted molar refractivity (Wildman–Crippen MR) is 111 cm³/mol. The summed E-state index contributed by atoms with van der Waals surface area (Å²) in [6.07, 6.45) is 6.38. The van der Waals surface area contributed by atoms with Gasteiger partial charge in [-0.3, -0.25) is 4.90 Å². The Hall–Kier alpha value is -0.633. The molecule has 1 spiro atoms. The summed E-state index contributed by atoms with van der Waals surface area (Å²) in [7, 11) is -1.99. The number of rotatable bonds is 3. The van der Waals surface area contributed by atoms with Crippen LogP contribution >= 0.6 is 0 Å². The zero-order chi connectivity index (χ0) is 20.2. The highest BCUT2D eigenvalue weighted by Gasteiger charge is 2.59. The van der Waals surface area contributed by atoms with Crippen molar-refractivity contribution in [2.24, 2.45) is 5.11 Å². The maximum absolute atomic E-state index is 9.35. The van der Waals surface area contributed by atoms with Crippen molar-refractivity contribution in [3.63, 3.8) is 0 Å². The largest absolute Gasteiger partial charge is 0.412 e. The summed E-state index contributed by atoms with van der Waals surface area (Å²) in [5.41, 5.74) is 9.35. The Kier molecular flexibility index (Phi) is 5.34. The highest BCUT2D eigenvalue weighted by molar-refractivity contribution is 6.74. The van der Waals surface area contributed by atoms with Crippen molar-refractivity contribution >= 4 is 8.32 Å². The number of hydrogen-bond acceptors (Lipinski definition) is 5. The molecule has 7 nitrogen and oxygen atoms in total. The Morgan fingerprint density at radius 1 is 1.18 bits per heavy atom. The average molecular weight is 409 g/mol. The van der Waals surface area contributed by atoms with Gasteiger partial charge in [-0.25, -0.2) is 0 Å². The molecule has 28 heavy (non-hydrogen) atoms. The van der Waals surface area contributed by atoms with Crippen molar-refractivity contribution in [2.45, 2.75) is 114 Å². The predicted octanol–water partition coefficient (Wildman–Crippen LogP) is 4.59. The van der Waals surface area contributed by atoms with Gasteiger partial charge in [-0.1, -0.05) is 32.3 Å². The number of hydrogen-bond donors (Lipinski definition) is 0.